The third kappa shape index (κ3) is 2.05. The van der Waals surface area contributed by atoms with Gasteiger partial charge >= 0.3 is 6.41 Å². The molecule has 11 heavy (non-hydrogen) atoms. The monoisotopic (exact) mass is 149 g/mol. The van der Waals surface area contributed by atoms with Crippen LogP contribution in [0.15, 0.2) is 24.3 Å². The highest BCUT2D eigenvalue weighted by Gasteiger charge is 1.90. The second-order valence-corrected chi connectivity index (χ2v) is 2.13. The summed E-state index contributed by atoms with van der Waals surface area (Å²) in [4.78, 5) is 9.87. The van der Waals surface area contributed by atoms with Crippen LogP contribution in [0.4, 0.5) is 5.69 Å². The van der Waals surface area contributed by atoms with Gasteiger partial charge < -0.3 is 11.1 Å². The second-order valence-electron chi connectivity index (χ2n) is 2.13. The molecule has 0 aliphatic rings. The van der Waals surface area contributed by atoms with E-state index in [9.17, 15) is 4.79 Å². The molecular formula is C8H9N2O. The fourth-order valence-electron chi connectivity index (χ4n) is 0.783. The summed E-state index contributed by atoms with van der Waals surface area (Å²) in [6, 6.07) is 7.29. The normalized spacial score (nSPS) is 9.18. The van der Waals surface area contributed by atoms with Gasteiger partial charge in [0.05, 0.1) is 0 Å². The summed E-state index contributed by atoms with van der Waals surface area (Å²) >= 11 is 0. The number of amides is 1. The number of carbonyl (C=O) groups excluding carboxylic acids is 1. The van der Waals surface area contributed by atoms with E-state index in [-0.39, 0.29) is 0 Å². The molecule has 0 saturated heterocycles. The molecule has 1 aromatic carbocycles. The minimum Gasteiger partial charge on any atom is -0.326 e. The molecule has 0 aromatic heterocycles. The zero-order valence-electron chi connectivity index (χ0n) is 6.00. The number of rotatable bonds is 3. The number of benzene rings is 1. The Morgan fingerprint density at radius 1 is 1.36 bits per heavy atom. The summed E-state index contributed by atoms with van der Waals surface area (Å²) < 4.78 is 0. The lowest BCUT2D eigenvalue weighted by atomic mass is 10.2. The molecule has 0 atom stereocenters. The van der Waals surface area contributed by atoms with Gasteiger partial charge in [-0.25, -0.2) is 0 Å². The predicted molar refractivity (Wildman–Crippen MR) is 43.6 cm³/mol. The SMILES string of the molecule is NCc1ccc(N[C]=O)cc1. The van der Waals surface area contributed by atoms with Crippen LogP contribution in [0.2, 0.25) is 0 Å². The molecule has 0 spiro atoms. The summed E-state index contributed by atoms with van der Waals surface area (Å²) in [5, 5.41) is 2.41. The summed E-state index contributed by atoms with van der Waals surface area (Å²) in [5.74, 6) is 0. The van der Waals surface area contributed by atoms with Gasteiger partial charge in [0.25, 0.3) is 0 Å². The van der Waals surface area contributed by atoms with E-state index >= 15 is 0 Å². The third-order valence-corrected chi connectivity index (χ3v) is 1.39. The maximum atomic E-state index is 9.87. The zero-order chi connectivity index (χ0) is 8.10. The second kappa shape index (κ2) is 3.73. The van der Waals surface area contributed by atoms with Crippen molar-refractivity contribution < 1.29 is 4.79 Å². The molecule has 1 aromatic rings. The molecule has 0 saturated carbocycles. The minimum atomic E-state index is 0.519. The van der Waals surface area contributed by atoms with Crippen molar-refractivity contribution in [1.29, 1.82) is 0 Å². The van der Waals surface area contributed by atoms with Crippen LogP contribution in [0.1, 0.15) is 5.56 Å². The van der Waals surface area contributed by atoms with Gasteiger partial charge in [0.15, 0.2) is 0 Å². The van der Waals surface area contributed by atoms with Crippen LogP contribution in [0.5, 0.6) is 0 Å². The first-order chi connectivity index (χ1) is 5.36. The summed E-state index contributed by atoms with van der Waals surface area (Å²) in [6.07, 6.45) is 1.59. The highest BCUT2D eigenvalue weighted by Crippen LogP contribution is 2.07. The Labute approximate surface area is 65.2 Å². The van der Waals surface area contributed by atoms with Crippen molar-refractivity contribution in [3.8, 4) is 0 Å². The van der Waals surface area contributed by atoms with Gasteiger partial charge in [0.1, 0.15) is 0 Å². The fourth-order valence-corrected chi connectivity index (χ4v) is 0.783. The zero-order valence-corrected chi connectivity index (χ0v) is 6.00. The summed E-state index contributed by atoms with van der Waals surface area (Å²) in [7, 11) is 0. The molecule has 0 unspecified atom stereocenters. The number of hydrogen-bond donors (Lipinski definition) is 2. The quantitative estimate of drug-likeness (QED) is 0.619. The summed E-state index contributed by atoms with van der Waals surface area (Å²) in [5.41, 5.74) is 7.15. The molecule has 1 rings (SSSR count). The summed E-state index contributed by atoms with van der Waals surface area (Å²) in [6.45, 7) is 0.519. The van der Waals surface area contributed by atoms with E-state index in [1.165, 1.54) is 0 Å². The van der Waals surface area contributed by atoms with Crippen LogP contribution >= 0.6 is 0 Å². The van der Waals surface area contributed by atoms with E-state index in [4.69, 9.17) is 5.73 Å². The van der Waals surface area contributed by atoms with Crippen LogP contribution in [-0.2, 0) is 11.3 Å². The third-order valence-electron chi connectivity index (χ3n) is 1.39. The molecule has 3 N–H and O–H groups in total. The lowest BCUT2D eigenvalue weighted by molar-refractivity contribution is 0.561. The average Bonchev–Trinajstić information content (AvgIpc) is 2.07. The average molecular weight is 149 g/mol. The van der Waals surface area contributed by atoms with E-state index in [1.54, 1.807) is 18.5 Å². The Kier molecular flexibility index (Phi) is 2.63. The molecule has 0 bridgehead atoms. The maximum Gasteiger partial charge on any atom is 0.314 e. The predicted octanol–water partition coefficient (Wildman–Crippen LogP) is 0.624. The Balaban J connectivity index is 2.74. The van der Waals surface area contributed by atoms with Gasteiger partial charge in [0, 0.05) is 12.2 Å². The van der Waals surface area contributed by atoms with Gasteiger partial charge in [0.2, 0.25) is 0 Å². The molecule has 1 radical (unpaired) electrons. The van der Waals surface area contributed by atoms with E-state index in [0.717, 1.165) is 11.3 Å². The van der Waals surface area contributed by atoms with Crippen molar-refractivity contribution in [3.63, 3.8) is 0 Å². The number of anilines is 1. The Morgan fingerprint density at radius 3 is 2.45 bits per heavy atom. The molecule has 3 heteroatoms. The van der Waals surface area contributed by atoms with Gasteiger partial charge in [-0.1, -0.05) is 12.1 Å². The van der Waals surface area contributed by atoms with Crippen LogP contribution < -0.4 is 11.1 Å². The molecule has 0 aliphatic heterocycles. The van der Waals surface area contributed by atoms with Crippen LogP contribution in [0.3, 0.4) is 0 Å². The Hall–Kier alpha value is -1.35. The van der Waals surface area contributed by atoms with Gasteiger partial charge in [-0.15, -0.1) is 0 Å². The molecule has 3 nitrogen and oxygen atoms in total. The standard InChI is InChI=1S/C8H9N2O/c9-5-7-1-3-8(4-2-7)10-6-11/h1-4H,5,9H2,(H,10,11). The first-order valence-corrected chi connectivity index (χ1v) is 3.29. The molecular weight excluding hydrogens is 140 g/mol. The van der Waals surface area contributed by atoms with Gasteiger partial charge in [-0.2, -0.15) is 0 Å². The largest absolute Gasteiger partial charge is 0.326 e. The first kappa shape index (κ1) is 7.75. The smallest absolute Gasteiger partial charge is 0.314 e. The topological polar surface area (TPSA) is 55.1 Å². The Bertz CT molecular complexity index is 230. The van der Waals surface area contributed by atoms with Crippen molar-refractivity contribution in [2.75, 3.05) is 5.32 Å². The fraction of sp³-hybridized carbons (Fsp3) is 0.125. The Morgan fingerprint density at radius 2 is 2.00 bits per heavy atom. The van der Waals surface area contributed by atoms with E-state index < -0.39 is 0 Å². The lowest BCUT2D eigenvalue weighted by Crippen LogP contribution is -1.97. The van der Waals surface area contributed by atoms with E-state index in [1.807, 2.05) is 12.1 Å². The maximum absolute atomic E-state index is 9.87. The highest BCUT2D eigenvalue weighted by molar-refractivity contribution is 5.71. The van der Waals surface area contributed by atoms with E-state index in [0.29, 0.717) is 6.54 Å². The van der Waals surface area contributed by atoms with Crippen LogP contribution in [0.25, 0.3) is 0 Å². The molecule has 0 heterocycles. The van der Waals surface area contributed by atoms with Crippen LogP contribution in [-0.4, -0.2) is 6.41 Å². The highest BCUT2D eigenvalue weighted by atomic mass is 16.1. The number of nitrogens with two attached hydrogens (primary N) is 1. The lowest BCUT2D eigenvalue weighted by Gasteiger charge is -1.98. The van der Waals surface area contributed by atoms with Crippen LogP contribution in [0, 0.1) is 0 Å². The van der Waals surface area contributed by atoms with Gasteiger partial charge in [-0.3, -0.25) is 4.79 Å². The molecule has 57 valence electrons. The first-order valence-electron chi connectivity index (χ1n) is 3.29. The van der Waals surface area contributed by atoms with Crippen molar-refractivity contribution in [2.24, 2.45) is 5.73 Å². The van der Waals surface area contributed by atoms with E-state index in [2.05, 4.69) is 5.32 Å². The number of hydrogen-bond acceptors (Lipinski definition) is 2. The molecule has 0 fully saturated rings. The number of nitrogens with one attached hydrogen (secondary N) is 1. The van der Waals surface area contributed by atoms with Crippen molar-refractivity contribution >= 4 is 12.1 Å². The molecule has 0 aliphatic carbocycles. The molecule has 1 amide bonds. The van der Waals surface area contributed by atoms with Crippen molar-refractivity contribution in [1.82, 2.24) is 0 Å². The van der Waals surface area contributed by atoms with Gasteiger partial charge in [-0.05, 0) is 17.7 Å². The van der Waals surface area contributed by atoms with Crippen molar-refractivity contribution in [2.45, 2.75) is 6.54 Å². The minimum absolute atomic E-state index is 0.519. The van der Waals surface area contributed by atoms with Crippen molar-refractivity contribution in [3.05, 3.63) is 29.8 Å².